The molecule has 0 aliphatic rings. The summed E-state index contributed by atoms with van der Waals surface area (Å²) < 4.78 is 1.20. The first-order valence-electron chi connectivity index (χ1n) is 4.79. The molecule has 0 saturated heterocycles. The van der Waals surface area contributed by atoms with Gasteiger partial charge in [-0.05, 0) is 46.4 Å². The van der Waals surface area contributed by atoms with Crippen molar-refractivity contribution in [3.05, 3.63) is 63.7 Å². The molecule has 0 atom stereocenters. The van der Waals surface area contributed by atoms with E-state index in [4.69, 9.17) is 0 Å². The fraction of sp³-hybridized carbons (Fsp3) is 0.0769. The van der Waals surface area contributed by atoms with Gasteiger partial charge in [-0.15, -0.1) is 0 Å². The van der Waals surface area contributed by atoms with Crippen LogP contribution in [0.15, 0.2) is 48.5 Å². The molecule has 0 aromatic heterocycles. The van der Waals surface area contributed by atoms with E-state index >= 15 is 0 Å². The molecule has 0 saturated carbocycles. The van der Waals surface area contributed by atoms with Crippen molar-refractivity contribution in [3.8, 4) is 0 Å². The Bertz CT molecular complexity index is 426. The van der Waals surface area contributed by atoms with E-state index in [9.17, 15) is 0 Å². The van der Waals surface area contributed by atoms with Crippen molar-refractivity contribution in [2.45, 2.75) is 6.54 Å². The molecule has 0 unspecified atom stereocenters. The van der Waals surface area contributed by atoms with Crippen LogP contribution in [0.25, 0.3) is 0 Å². The summed E-state index contributed by atoms with van der Waals surface area (Å²) in [7, 11) is 0. The van der Waals surface area contributed by atoms with Crippen LogP contribution in [0.2, 0.25) is 0 Å². The molecule has 0 bridgehead atoms. The summed E-state index contributed by atoms with van der Waals surface area (Å²) in [6.45, 7) is 0.862. The van der Waals surface area contributed by atoms with E-state index in [2.05, 4.69) is 58.2 Å². The van der Waals surface area contributed by atoms with Crippen LogP contribution in [0.5, 0.6) is 0 Å². The van der Waals surface area contributed by atoms with E-state index < -0.39 is 0 Å². The van der Waals surface area contributed by atoms with Gasteiger partial charge in [0.1, 0.15) is 0 Å². The Hall–Kier alpha value is -1.03. The molecular formula is C13H11IN. The third kappa shape index (κ3) is 2.96. The number of halogens is 1. The molecule has 2 heteroatoms. The Kier molecular flexibility index (Phi) is 3.61. The van der Waals surface area contributed by atoms with E-state index in [-0.39, 0.29) is 0 Å². The molecule has 1 radical (unpaired) electrons. The number of nitrogens with one attached hydrogen (secondary N) is 1. The van der Waals surface area contributed by atoms with Gasteiger partial charge in [-0.2, -0.15) is 0 Å². The second kappa shape index (κ2) is 5.16. The SMILES string of the molecule is Ic1c[c]ccc1NCc1ccccc1. The number of hydrogen-bond acceptors (Lipinski definition) is 1. The second-order valence-electron chi connectivity index (χ2n) is 3.25. The topological polar surface area (TPSA) is 12.0 Å². The minimum atomic E-state index is 0.862. The van der Waals surface area contributed by atoms with Crippen LogP contribution in [0.4, 0.5) is 5.69 Å². The molecular weight excluding hydrogens is 297 g/mol. The van der Waals surface area contributed by atoms with Crippen molar-refractivity contribution < 1.29 is 0 Å². The molecule has 1 nitrogen and oxygen atoms in total. The number of anilines is 1. The lowest BCUT2D eigenvalue weighted by Crippen LogP contribution is -2.00. The maximum atomic E-state index is 3.40. The first-order valence-corrected chi connectivity index (χ1v) is 5.87. The standard InChI is InChI=1S/C13H11IN/c14-12-8-4-5-9-13(12)15-10-11-6-2-1-3-7-11/h1-3,5-9,15H,10H2. The molecule has 75 valence electrons. The molecule has 15 heavy (non-hydrogen) atoms. The van der Waals surface area contributed by atoms with Crippen molar-refractivity contribution in [2.24, 2.45) is 0 Å². The first-order chi connectivity index (χ1) is 7.36. The van der Waals surface area contributed by atoms with E-state index in [0.717, 1.165) is 6.54 Å². The molecule has 0 fully saturated rings. The first kappa shape index (κ1) is 10.5. The zero-order valence-electron chi connectivity index (χ0n) is 8.20. The summed E-state index contributed by atoms with van der Waals surface area (Å²) in [4.78, 5) is 0. The molecule has 2 aromatic rings. The van der Waals surface area contributed by atoms with Crippen molar-refractivity contribution in [2.75, 3.05) is 5.32 Å². The highest BCUT2D eigenvalue weighted by atomic mass is 127. The maximum absolute atomic E-state index is 3.40. The molecule has 0 aliphatic heterocycles. The number of benzene rings is 2. The maximum Gasteiger partial charge on any atom is 0.0478 e. The summed E-state index contributed by atoms with van der Waals surface area (Å²) in [5.41, 5.74) is 2.46. The van der Waals surface area contributed by atoms with Gasteiger partial charge in [-0.1, -0.05) is 36.4 Å². The van der Waals surface area contributed by atoms with E-state index in [1.807, 2.05) is 24.3 Å². The van der Waals surface area contributed by atoms with Crippen LogP contribution in [0, 0.1) is 9.64 Å². The number of hydrogen-bond donors (Lipinski definition) is 1. The van der Waals surface area contributed by atoms with Gasteiger partial charge in [-0.3, -0.25) is 0 Å². The van der Waals surface area contributed by atoms with Crippen LogP contribution in [-0.2, 0) is 6.54 Å². The Morgan fingerprint density at radius 2 is 1.93 bits per heavy atom. The predicted molar refractivity (Wildman–Crippen MR) is 71.8 cm³/mol. The smallest absolute Gasteiger partial charge is 0.0478 e. The third-order valence-corrected chi connectivity index (χ3v) is 3.03. The predicted octanol–water partition coefficient (Wildman–Crippen LogP) is 3.70. The highest BCUT2D eigenvalue weighted by Gasteiger charge is 1.96. The Morgan fingerprint density at radius 3 is 2.67 bits per heavy atom. The van der Waals surface area contributed by atoms with Gasteiger partial charge in [0, 0.05) is 15.8 Å². The highest BCUT2D eigenvalue weighted by molar-refractivity contribution is 14.1. The average Bonchev–Trinajstić information content (AvgIpc) is 2.29. The zero-order valence-corrected chi connectivity index (χ0v) is 10.4. The molecule has 0 heterocycles. The molecule has 1 N–H and O–H groups in total. The van der Waals surface area contributed by atoms with Gasteiger partial charge in [0.15, 0.2) is 0 Å². The van der Waals surface area contributed by atoms with Crippen LogP contribution < -0.4 is 5.32 Å². The Balaban J connectivity index is 2.03. The van der Waals surface area contributed by atoms with E-state index in [1.165, 1.54) is 14.8 Å². The summed E-state index contributed by atoms with van der Waals surface area (Å²) in [5.74, 6) is 0. The summed E-state index contributed by atoms with van der Waals surface area (Å²) >= 11 is 2.31. The van der Waals surface area contributed by atoms with E-state index in [0.29, 0.717) is 0 Å². The lowest BCUT2D eigenvalue weighted by Gasteiger charge is -2.07. The van der Waals surface area contributed by atoms with Gasteiger partial charge >= 0.3 is 0 Å². The van der Waals surface area contributed by atoms with E-state index in [1.54, 1.807) is 0 Å². The van der Waals surface area contributed by atoms with Crippen LogP contribution in [0.3, 0.4) is 0 Å². The van der Waals surface area contributed by atoms with Gasteiger partial charge in [0.2, 0.25) is 0 Å². The fourth-order valence-electron chi connectivity index (χ4n) is 1.35. The fourth-order valence-corrected chi connectivity index (χ4v) is 1.90. The molecule has 2 rings (SSSR count). The van der Waals surface area contributed by atoms with Crippen LogP contribution in [-0.4, -0.2) is 0 Å². The Morgan fingerprint density at radius 1 is 1.13 bits per heavy atom. The van der Waals surface area contributed by atoms with Crippen molar-refractivity contribution in [3.63, 3.8) is 0 Å². The average molecular weight is 308 g/mol. The lowest BCUT2D eigenvalue weighted by atomic mass is 10.2. The zero-order chi connectivity index (χ0) is 10.5. The van der Waals surface area contributed by atoms with Crippen LogP contribution in [0.1, 0.15) is 5.56 Å². The van der Waals surface area contributed by atoms with Crippen molar-refractivity contribution >= 4 is 28.3 Å². The minimum Gasteiger partial charge on any atom is -0.380 e. The second-order valence-corrected chi connectivity index (χ2v) is 4.41. The number of rotatable bonds is 3. The normalized spacial score (nSPS) is 9.93. The third-order valence-electron chi connectivity index (χ3n) is 2.14. The van der Waals surface area contributed by atoms with Gasteiger partial charge in [0.25, 0.3) is 0 Å². The van der Waals surface area contributed by atoms with Crippen molar-refractivity contribution in [1.29, 1.82) is 0 Å². The molecule has 0 amide bonds. The van der Waals surface area contributed by atoms with Gasteiger partial charge in [-0.25, -0.2) is 0 Å². The Labute approximate surface area is 104 Å². The monoisotopic (exact) mass is 308 g/mol. The minimum absolute atomic E-state index is 0.862. The van der Waals surface area contributed by atoms with Crippen molar-refractivity contribution in [1.82, 2.24) is 0 Å². The quantitative estimate of drug-likeness (QED) is 0.853. The molecule has 2 aromatic carbocycles. The summed E-state index contributed by atoms with van der Waals surface area (Å²) in [5, 5.41) is 3.40. The van der Waals surface area contributed by atoms with Gasteiger partial charge in [0.05, 0.1) is 0 Å². The summed E-state index contributed by atoms with van der Waals surface area (Å²) in [6, 6.07) is 19.4. The van der Waals surface area contributed by atoms with Gasteiger partial charge < -0.3 is 5.32 Å². The summed E-state index contributed by atoms with van der Waals surface area (Å²) in [6.07, 6.45) is 0. The molecule has 0 aliphatic carbocycles. The highest BCUT2D eigenvalue weighted by Crippen LogP contribution is 2.17. The largest absolute Gasteiger partial charge is 0.380 e. The lowest BCUT2D eigenvalue weighted by molar-refractivity contribution is 1.15. The van der Waals surface area contributed by atoms with Crippen LogP contribution >= 0.6 is 22.6 Å². The molecule has 0 spiro atoms.